The lowest BCUT2D eigenvalue weighted by molar-refractivity contribution is -0.137. The van der Waals surface area contributed by atoms with E-state index < -0.39 is 17.7 Å². The minimum Gasteiger partial charge on any atom is -0.465 e. The van der Waals surface area contributed by atoms with Gasteiger partial charge >= 0.3 is 12.1 Å². The van der Waals surface area contributed by atoms with Crippen molar-refractivity contribution in [2.45, 2.75) is 6.18 Å². The highest BCUT2D eigenvalue weighted by Crippen LogP contribution is 2.32. The summed E-state index contributed by atoms with van der Waals surface area (Å²) in [6, 6.07) is 9.17. The van der Waals surface area contributed by atoms with Crippen LogP contribution in [-0.4, -0.2) is 18.1 Å². The molecule has 4 nitrogen and oxygen atoms in total. The van der Waals surface area contributed by atoms with Crippen molar-refractivity contribution in [2.24, 2.45) is 0 Å². The molecule has 1 heterocycles. The Bertz CT molecular complexity index is 884. The van der Waals surface area contributed by atoms with Gasteiger partial charge in [-0.15, -0.1) is 0 Å². The molecule has 0 N–H and O–H groups in total. The fraction of sp³-hybridized carbons (Fsp3) is 0.125. The van der Waals surface area contributed by atoms with Crippen LogP contribution >= 0.6 is 0 Å². The topological polar surface area (TPSA) is 52.3 Å². The molecule has 0 amide bonds. The third kappa shape index (κ3) is 2.90. The van der Waals surface area contributed by atoms with Gasteiger partial charge in [-0.25, -0.2) is 9.78 Å². The maximum absolute atomic E-state index is 12.8. The predicted octanol–water partition coefficient (Wildman–Crippen LogP) is 4.30. The van der Waals surface area contributed by atoms with E-state index in [1.807, 2.05) is 0 Å². The van der Waals surface area contributed by atoms with Crippen LogP contribution in [0.3, 0.4) is 0 Å². The summed E-state index contributed by atoms with van der Waals surface area (Å²) in [5.74, 6) is -0.483. The lowest BCUT2D eigenvalue weighted by Gasteiger charge is -2.06. The maximum atomic E-state index is 12.8. The number of esters is 1. The second-order valence-electron chi connectivity index (χ2n) is 4.77. The molecule has 0 aliphatic rings. The summed E-state index contributed by atoms with van der Waals surface area (Å²) in [5.41, 5.74) is 0.428. The van der Waals surface area contributed by atoms with Crippen molar-refractivity contribution in [1.29, 1.82) is 0 Å². The average Bonchev–Trinajstić information content (AvgIpc) is 2.96. The van der Waals surface area contributed by atoms with E-state index in [0.717, 1.165) is 12.1 Å². The highest BCUT2D eigenvalue weighted by molar-refractivity contribution is 5.93. The second-order valence-corrected chi connectivity index (χ2v) is 4.77. The zero-order valence-corrected chi connectivity index (χ0v) is 11.8. The molecule has 3 aromatic rings. The largest absolute Gasteiger partial charge is 0.465 e. The van der Waals surface area contributed by atoms with Gasteiger partial charge in [0, 0.05) is 5.56 Å². The molecule has 0 atom stereocenters. The number of alkyl halides is 3. The first-order valence-electron chi connectivity index (χ1n) is 6.55. The minimum absolute atomic E-state index is 0.0492. The van der Waals surface area contributed by atoms with Crippen LogP contribution in [0.1, 0.15) is 15.9 Å². The van der Waals surface area contributed by atoms with Crippen LogP contribution in [0.15, 0.2) is 46.9 Å². The molecular formula is C16H10F3NO3. The van der Waals surface area contributed by atoms with E-state index in [-0.39, 0.29) is 17.0 Å². The Kier molecular flexibility index (Phi) is 3.55. The number of aromatic nitrogens is 1. The van der Waals surface area contributed by atoms with Gasteiger partial charge < -0.3 is 9.15 Å². The van der Waals surface area contributed by atoms with Crippen molar-refractivity contribution in [2.75, 3.05) is 7.11 Å². The van der Waals surface area contributed by atoms with E-state index in [0.29, 0.717) is 11.1 Å². The molecule has 0 radical (unpaired) electrons. The smallest absolute Gasteiger partial charge is 0.416 e. The second kappa shape index (κ2) is 5.42. The van der Waals surface area contributed by atoms with E-state index in [1.165, 1.54) is 37.4 Å². The Labute approximate surface area is 128 Å². The van der Waals surface area contributed by atoms with Gasteiger partial charge in [-0.3, -0.25) is 0 Å². The third-order valence-electron chi connectivity index (χ3n) is 3.25. The van der Waals surface area contributed by atoms with Gasteiger partial charge in [0.25, 0.3) is 0 Å². The van der Waals surface area contributed by atoms with Gasteiger partial charge in [-0.1, -0.05) is 6.07 Å². The van der Waals surface area contributed by atoms with Gasteiger partial charge in [0.1, 0.15) is 5.52 Å². The molecule has 0 unspecified atom stereocenters. The molecule has 0 spiro atoms. The third-order valence-corrected chi connectivity index (χ3v) is 3.25. The van der Waals surface area contributed by atoms with Crippen LogP contribution in [0.2, 0.25) is 0 Å². The van der Waals surface area contributed by atoms with Crippen LogP contribution in [0.25, 0.3) is 22.6 Å². The molecule has 0 fully saturated rings. The first-order chi connectivity index (χ1) is 10.9. The maximum Gasteiger partial charge on any atom is 0.416 e. The van der Waals surface area contributed by atoms with Crippen molar-refractivity contribution in [3.8, 4) is 11.5 Å². The van der Waals surface area contributed by atoms with Gasteiger partial charge in [-0.2, -0.15) is 13.2 Å². The van der Waals surface area contributed by atoms with Crippen molar-refractivity contribution in [3.05, 3.63) is 53.6 Å². The summed E-state index contributed by atoms with van der Waals surface area (Å²) in [6.45, 7) is 0. The first kappa shape index (κ1) is 15.1. The number of rotatable bonds is 2. The fourth-order valence-corrected chi connectivity index (χ4v) is 2.12. The number of fused-ring (bicyclic) bond motifs is 1. The van der Waals surface area contributed by atoms with Gasteiger partial charge in [-0.05, 0) is 36.4 Å². The van der Waals surface area contributed by atoms with E-state index in [4.69, 9.17) is 4.42 Å². The number of ether oxygens (including phenoxy) is 1. The molecule has 0 bridgehead atoms. The SMILES string of the molecule is COC(=O)c1ccc2oc(-c3cccc(C(F)(F)F)c3)nc2c1. The predicted molar refractivity (Wildman–Crippen MR) is 75.8 cm³/mol. The van der Waals surface area contributed by atoms with E-state index in [1.54, 1.807) is 0 Å². The average molecular weight is 321 g/mol. The molecule has 7 heteroatoms. The summed E-state index contributed by atoms with van der Waals surface area (Å²) in [4.78, 5) is 15.6. The van der Waals surface area contributed by atoms with Crippen molar-refractivity contribution in [1.82, 2.24) is 4.98 Å². The highest BCUT2D eigenvalue weighted by Gasteiger charge is 2.30. The Morgan fingerprint density at radius 2 is 1.96 bits per heavy atom. The molecule has 0 saturated carbocycles. The zero-order chi connectivity index (χ0) is 16.6. The zero-order valence-electron chi connectivity index (χ0n) is 11.8. The quantitative estimate of drug-likeness (QED) is 0.660. The number of benzene rings is 2. The molecule has 3 rings (SSSR count). The van der Waals surface area contributed by atoms with Crippen molar-refractivity contribution in [3.63, 3.8) is 0 Å². The summed E-state index contributed by atoms with van der Waals surface area (Å²) in [7, 11) is 1.25. The summed E-state index contributed by atoms with van der Waals surface area (Å²) in [5, 5.41) is 0. The number of halogens is 3. The van der Waals surface area contributed by atoms with Crippen molar-refractivity contribution < 1.29 is 27.1 Å². The lowest BCUT2D eigenvalue weighted by atomic mass is 10.1. The molecule has 118 valence electrons. The molecule has 0 saturated heterocycles. The molecule has 0 aliphatic heterocycles. The number of hydrogen-bond acceptors (Lipinski definition) is 4. The van der Waals surface area contributed by atoms with E-state index >= 15 is 0 Å². The van der Waals surface area contributed by atoms with Crippen molar-refractivity contribution >= 4 is 17.1 Å². The van der Waals surface area contributed by atoms with Crippen LogP contribution in [0.5, 0.6) is 0 Å². The van der Waals surface area contributed by atoms with E-state index in [2.05, 4.69) is 9.72 Å². The normalized spacial score (nSPS) is 11.7. The summed E-state index contributed by atoms with van der Waals surface area (Å²) < 4.78 is 48.4. The Morgan fingerprint density at radius 3 is 2.65 bits per heavy atom. The number of methoxy groups -OCH3 is 1. The molecule has 1 aromatic heterocycles. The Hall–Kier alpha value is -2.83. The van der Waals surface area contributed by atoms with Crippen LogP contribution in [0.4, 0.5) is 13.2 Å². The van der Waals surface area contributed by atoms with Crippen LogP contribution in [0, 0.1) is 0 Å². The molecule has 0 aliphatic carbocycles. The summed E-state index contributed by atoms with van der Waals surface area (Å²) >= 11 is 0. The van der Waals surface area contributed by atoms with Crippen LogP contribution < -0.4 is 0 Å². The van der Waals surface area contributed by atoms with E-state index in [9.17, 15) is 18.0 Å². The van der Waals surface area contributed by atoms with Gasteiger partial charge in [0.15, 0.2) is 5.58 Å². The van der Waals surface area contributed by atoms with Crippen LogP contribution in [-0.2, 0) is 10.9 Å². The highest BCUT2D eigenvalue weighted by atomic mass is 19.4. The number of nitrogens with zero attached hydrogens (tertiary/aromatic N) is 1. The fourth-order valence-electron chi connectivity index (χ4n) is 2.12. The molecular weight excluding hydrogens is 311 g/mol. The summed E-state index contributed by atoms with van der Waals surface area (Å²) in [6.07, 6.45) is -4.44. The minimum atomic E-state index is -4.44. The monoisotopic (exact) mass is 321 g/mol. The lowest BCUT2D eigenvalue weighted by Crippen LogP contribution is -2.04. The number of carbonyl (C=O) groups excluding carboxylic acids is 1. The standard InChI is InChI=1S/C16H10F3NO3/c1-22-15(21)10-5-6-13-12(8-10)20-14(23-13)9-3-2-4-11(7-9)16(17,18)19/h2-8H,1H3. The molecule has 2 aromatic carbocycles. The molecule has 23 heavy (non-hydrogen) atoms. The number of carbonyl (C=O) groups is 1. The number of oxazole rings is 1. The van der Waals surface area contributed by atoms with Gasteiger partial charge in [0.05, 0.1) is 18.2 Å². The Morgan fingerprint density at radius 1 is 1.17 bits per heavy atom. The van der Waals surface area contributed by atoms with Gasteiger partial charge in [0.2, 0.25) is 5.89 Å². The first-order valence-corrected chi connectivity index (χ1v) is 6.55. The Balaban J connectivity index is 2.05. The number of hydrogen-bond donors (Lipinski definition) is 0.